The Labute approximate surface area is 98.7 Å². The standard InChI is InChI=1S/C12H25NO3/c1-3-4-8-15-9-5-6-10-16-11-7-12(14)13-2/h3-11H2,1-2H3,(H,13,14). The minimum absolute atomic E-state index is 0.0305. The second kappa shape index (κ2) is 12.5. The van der Waals surface area contributed by atoms with Gasteiger partial charge in [0.2, 0.25) is 5.91 Å². The summed E-state index contributed by atoms with van der Waals surface area (Å²) in [6.45, 7) is 5.07. The SMILES string of the molecule is CCCCOCCCCOCCC(=O)NC. The summed E-state index contributed by atoms with van der Waals surface area (Å²) in [4.78, 5) is 10.8. The van der Waals surface area contributed by atoms with E-state index in [-0.39, 0.29) is 5.91 Å². The Morgan fingerprint density at radius 3 is 2.12 bits per heavy atom. The molecule has 0 aromatic rings. The van der Waals surface area contributed by atoms with E-state index in [0.29, 0.717) is 19.6 Å². The molecule has 0 radical (unpaired) electrons. The van der Waals surface area contributed by atoms with E-state index in [1.54, 1.807) is 7.05 Å². The predicted molar refractivity (Wildman–Crippen MR) is 64.5 cm³/mol. The minimum Gasteiger partial charge on any atom is -0.381 e. The monoisotopic (exact) mass is 231 g/mol. The van der Waals surface area contributed by atoms with Crippen LogP contribution in [0.4, 0.5) is 0 Å². The zero-order chi connectivity index (χ0) is 12.1. The van der Waals surface area contributed by atoms with Crippen molar-refractivity contribution in [2.45, 2.75) is 39.0 Å². The molecule has 4 heteroatoms. The van der Waals surface area contributed by atoms with Gasteiger partial charge in [0.25, 0.3) is 0 Å². The molecule has 0 spiro atoms. The Kier molecular flexibility index (Phi) is 12.0. The molecule has 0 bridgehead atoms. The first-order chi connectivity index (χ1) is 7.81. The maximum Gasteiger partial charge on any atom is 0.222 e. The number of unbranched alkanes of at least 4 members (excludes halogenated alkanes) is 2. The van der Waals surface area contributed by atoms with Gasteiger partial charge in [0.1, 0.15) is 0 Å². The summed E-state index contributed by atoms with van der Waals surface area (Å²) in [6, 6.07) is 0. The second-order valence-electron chi connectivity index (χ2n) is 3.71. The molecule has 0 saturated carbocycles. The van der Waals surface area contributed by atoms with Crippen molar-refractivity contribution in [1.82, 2.24) is 5.32 Å². The number of hydrogen-bond donors (Lipinski definition) is 1. The molecule has 0 aliphatic heterocycles. The van der Waals surface area contributed by atoms with Crippen molar-refractivity contribution >= 4 is 5.91 Å². The highest BCUT2D eigenvalue weighted by atomic mass is 16.5. The number of carbonyl (C=O) groups is 1. The minimum atomic E-state index is 0.0305. The van der Waals surface area contributed by atoms with Gasteiger partial charge in [-0.1, -0.05) is 13.3 Å². The molecular formula is C12H25NO3. The summed E-state index contributed by atoms with van der Waals surface area (Å²) in [5, 5.41) is 2.56. The molecule has 1 N–H and O–H groups in total. The van der Waals surface area contributed by atoms with Crippen molar-refractivity contribution in [3.8, 4) is 0 Å². The van der Waals surface area contributed by atoms with Gasteiger partial charge in [-0.2, -0.15) is 0 Å². The van der Waals surface area contributed by atoms with Gasteiger partial charge in [-0.15, -0.1) is 0 Å². The molecule has 0 aliphatic carbocycles. The fraction of sp³-hybridized carbons (Fsp3) is 0.917. The van der Waals surface area contributed by atoms with Crippen molar-refractivity contribution in [3.63, 3.8) is 0 Å². The van der Waals surface area contributed by atoms with Gasteiger partial charge in [0, 0.05) is 33.3 Å². The second-order valence-corrected chi connectivity index (χ2v) is 3.71. The highest BCUT2D eigenvalue weighted by Crippen LogP contribution is 1.94. The number of hydrogen-bond acceptors (Lipinski definition) is 3. The van der Waals surface area contributed by atoms with Gasteiger partial charge in [-0.05, 0) is 19.3 Å². The van der Waals surface area contributed by atoms with Crippen LogP contribution in [-0.4, -0.2) is 39.4 Å². The van der Waals surface area contributed by atoms with E-state index < -0.39 is 0 Å². The lowest BCUT2D eigenvalue weighted by atomic mass is 10.3. The molecule has 0 aromatic heterocycles. The highest BCUT2D eigenvalue weighted by molar-refractivity contribution is 5.75. The largest absolute Gasteiger partial charge is 0.381 e. The molecule has 0 rings (SSSR count). The summed E-state index contributed by atoms with van der Waals surface area (Å²) in [5.41, 5.74) is 0. The maximum absolute atomic E-state index is 10.8. The Morgan fingerprint density at radius 1 is 1.00 bits per heavy atom. The third-order valence-corrected chi connectivity index (χ3v) is 2.22. The van der Waals surface area contributed by atoms with Gasteiger partial charge < -0.3 is 14.8 Å². The van der Waals surface area contributed by atoms with Crippen LogP contribution in [0.1, 0.15) is 39.0 Å². The topological polar surface area (TPSA) is 47.6 Å². The Balaban J connectivity index is 2.96. The third kappa shape index (κ3) is 11.5. The lowest BCUT2D eigenvalue weighted by Gasteiger charge is -2.04. The average molecular weight is 231 g/mol. The first-order valence-electron chi connectivity index (χ1n) is 6.17. The van der Waals surface area contributed by atoms with Crippen LogP contribution in [0, 0.1) is 0 Å². The lowest BCUT2D eigenvalue weighted by Crippen LogP contribution is -2.19. The molecule has 0 unspecified atom stereocenters. The molecule has 0 aliphatic rings. The number of rotatable bonds is 11. The van der Waals surface area contributed by atoms with Crippen LogP contribution in [0.15, 0.2) is 0 Å². The Morgan fingerprint density at radius 2 is 1.56 bits per heavy atom. The quantitative estimate of drug-likeness (QED) is 0.551. The van der Waals surface area contributed by atoms with Crippen molar-refractivity contribution in [3.05, 3.63) is 0 Å². The highest BCUT2D eigenvalue weighted by Gasteiger charge is 1.96. The van der Waals surface area contributed by atoms with E-state index in [0.717, 1.165) is 32.5 Å². The Bertz CT molecular complexity index is 162. The van der Waals surface area contributed by atoms with Crippen LogP contribution >= 0.6 is 0 Å². The molecule has 4 nitrogen and oxygen atoms in total. The van der Waals surface area contributed by atoms with Gasteiger partial charge in [-0.3, -0.25) is 4.79 Å². The van der Waals surface area contributed by atoms with Gasteiger partial charge >= 0.3 is 0 Å². The van der Waals surface area contributed by atoms with E-state index in [2.05, 4.69) is 12.2 Å². The normalized spacial score (nSPS) is 10.4. The van der Waals surface area contributed by atoms with E-state index >= 15 is 0 Å². The first kappa shape index (κ1) is 15.4. The summed E-state index contributed by atoms with van der Waals surface area (Å²) >= 11 is 0. The van der Waals surface area contributed by atoms with E-state index in [1.165, 1.54) is 6.42 Å². The molecule has 0 fully saturated rings. The van der Waals surface area contributed by atoms with Crippen molar-refractivity contribution in [2.75, 3.05) is 33.5 Å². The van der Waals surface area contributed by atoms with Crippen LogP contribution < -0.4 is 5.32 Å². The van der Waals surface area contributed by atoms with Crippen LogP contribution in [0.5, 0.6) is 0 Å². The molecular weight excluding hydrogens is 206 g/mol. The summed E-state index contributed by atoms with van der Waals surface area (Å²) in [6.07, 6.45) is 4.80. The van der Waals surface area contributed by atoms with Crippen LogP contribution in [-0.2, 0) is 14.3 Å². The van der Waals surface area contributed by atoms with E-state index in [1.807, 2.05) is 0 Å². The molecule has 1 amide bonds. The number of nitrogens with one attached hydrogen (secondary N) is 1. The van der Waals surface area contributed by atoms with Crippen molar-refractivity contribution < 1.29 is 14.3 Å². The third-order valence-electron chi connectivity index (χ3n) is 2.22. The maximum atomic E-state index is 10.8. The van der Waals surface area contributed by atoms with Crippen LogP contribution in [0.3, 0.4) is 0 Å². The van der Waals surface area contributed by atoms with Crippen molar-refractivity contribution in [1.29, 1.82) is 0 Å². The van der Waals surface area contributed by atoms with Gasteiger partial charge in [-0.25, -0.2) is 0 Å². The predicted octanol–water partition coefficient (Wildman–Crippen LogP) is 1.74. The summed E-state index contributed by atoms with van der Waals surface area (Å²) in [5.74, 6) is 0.0305. The number of carbonyl (C=O) groups excluding carboxylic acids is 1. The molecule has 0 aromatic carbocycles. The molecule has 0 atom stereocenters. The van der Waals surface area contributed by atoms with Gasteiger partial charge in [0.05, 0.1) is 6.61 Å². The molecule has 0 heterocycles. The smallest absolute Gasteiger partial charge is 0.222 e. The number of amides is 1. The fourth-order valence-corrected chi connectivity index (χ4v) is 1.15. The zero-order valence-corrected chi connectivity index (χ0v) is 10.6. The van der Waals surface area contributed by atoms with Crippen LogP contribution in [0.25, 0.3) is 0 Å². The van der Waals surface area contributed by atoms with Crippen LogP contribution in [0.2, 0.25) is 0 Å². The lowest BCUT2D eigenvalue weighted by molar-refractivity contribution is -0.121. The van der Waals surface area contributed by atoms with Gasteiger partial charge in [0.15, 0.2) is 0 Å². The summed E-state index contributed by atoms with van der Waals surface area (Å²) < 4.78 is 10.7. The molecule has 0 saturated heterocycles. The van der Waals surface area contributed by atoms with Crippen molar-refractivity contribution in [2.24, 2.45) is 0 Å². The molecule has 16 heavy (non-hydrogen) atoms. The van der Waals surface area contributed by atoms with E-state index in [9.17, 15) is 4.79 Å². The molecule has 96 valence electrons. The first-order valence-corrected chi connectivity index (χ1v) is 6.17. The van der Waals surface area contributed by atoms with E-state index in [4.69, 9.17) is 9.47 Å². The zero-order valence-electron chi connectivity index (χ0n) is 10.6. The fourth-order valence-electron chi connectivity index (χ4n) is 1.15. The summed E-state index contributed by atoms with van der Waals surface area (Å²) in [7, 11) is 1.63. The Hall–Kier alpha value is -0.610. The average Bonchev–Trinajstić information content (AvgIpc) is 2.31. The number of ether oxygens (including phenoxy) is 2.